The molecule has 0 atom stereocenters. The van der Waals surface area contributed by atoms with E-state index in [0.29, 0.717) is 6.42 Å². The second-order valence-electron chi connectivity index (χ2n) is 4.19. The maximum absolute atomic E-state index is 13.9. The number of nitrogens with zero attached hydrogens (tertiary/aromatic N) is 2. The van der Waals surface area contributed by atoms with Gasteiger partial charge in [0.05, 0.1) is 5.69 Å². The van der Waals surface area contributed by atoms with Crippen LogP contribution >= 0.6 is 0 Å². The number of nitrogens with two attached hydrogens (primary N) is 1. The van der Waals surface area contributed by atoms with Gasteiger partial charge in [-0.25, -0.2) is 4.39 Å². The maximum atomic E-state index is 13.9. The number of hydrogen-bond acceptors (Lipinski definition) is 3. The third-order valence-corrected chi connectivity index (χ3v) is 2.56. The topological polar surface area (TPSA) is 61.8 Å². The first kappa shape index (κ1) is 16.1. The Morgan fingerprint density at radius 1 is 1.40 bits per heavy atom. The van der Waals surface area contributed by atoms with Crippen molar-refractivity contribution in [2.45, 2.75) is 19.5 Å². The van der Waals surface area contributed by atoms with Crippen molar-refractivity contribution < 1.29 is 22.8 Å². The normalized spacial score (nSPS) is 12.6. The molecule has 0 saturated heterocycles. The fraction of sp³-hybridized carbons (Fsp3) is 0.417. The molecule has 0 fully saturated rings. The summed E-state index contributed by atoms with van der Waals surface area (Å²) in [4.78, 5) is 0.908. The lowest BCUT2D eigenvalue weighted by Crippen LogP contribution is -2.35. The van der Waals surface area contributed by atoms with Crippen LogP contribution in [0.25, 0.3) is 0 Å². The molecule has 8 heteroatoms. The Morgan fingerprint density at radius 2 is 2.05 bits per heavy atom. The molecule has 3 N–H and O–H groups in total. The highest BCUT2D eigenvalue weighted by Gasteiger charge is 2.31. The van der Waals surface area contributed by atoms with Crippen molar-refractivity contribution in [3.05, 3.63) is 29.6 Å². The van der Waals surface area contributed by atoms with Gasteiger partial charge < -0.3 is 15.8 Å². The number of anilines is 1. The lowest BCUT2D eigenvalue weighted by atomic mass is 10.1. The first-order valence-electron chi connectivity index (χ1n) is 5.87. The lowest BCUT2D eigenvalue weighted by Gasteiger charge is -2.26. The van der Waals surface area contributed by atoms with E-state index in [9.17, 15) is 17.6 Å². The van der Waals surface area contributed by atoms with Gasteiger partial charge in [0.15, 0.2) is 5.84 Å². The van der Waals surface area contributed by atoms with E-state index in [4.69, 9.17) is 10.9 Å². The van der Waals surface area contributed by atoms with Crippen LogP contribution in [-0.2, 0) is 0 Å². The number of oxime groups is 1. The van der Waals surface area contributed by atoms with Crippen LogP contribution < -0.4 is 10.6 Å². The fourth-order valence-corrected chi connectivity index (χ4v) is 1.75. The number of benzene rings is 1. The van der Waals surface area contributed by atoms with Gasteiger partial charge in [-0.1, -0.05) is 12.1 Å². The van der Waals surface area contributed by atoms with Crippen LogP contribution in [0, 0.1) is 5.82 Å². The summed E-state index contributed by atoms with van der Waals surface area (Å²) in [5.74, 6) is -1.17. The van der Waals surface area contributed by atoms with Gasteiger partial charge in [-0.05, 0) is 24.6 Å². The number of halogens is 4. The van der Waals surface area contributed by atoms with E-state index in [1.165, 1.54) is 12.1 Å². The minimum absolute atomic E-state index is 0.0688. The van der Waals surface area contributed by atoms with E-state index in [1.54, 1.807) is 6.92 Å². The summed E-state index contributed by atoms with van der Waals surface area (Å²) >= 11 is 0. The molecule has 1 aromatic rings. The van der Waals surface area contributed by atoms with Gasteiger partial charge in [0.25, 0.3) is 0 Å². The Hall–Kier alpha value is -1.99. The molecule has 1 aromatic carbocycles. The third-order valence-electron chi connectivity index (χ3n) is 2.56. The predicted molar refractivity (Wildman–Crippen MR) is 67.5 cm³/mol. The van der Waals surface area contributed by atoms with E-state index in [0.717, 1.165) is 11.0 Å². The Bertz CT molecular complexity index is 488. The molecule has 0 unspecified atom stereocenters. The monoisotopic (exact) mass is 293 g/mol. The molecule has 20 heavy (non-hydrogen) atoms. The summed E-state index contributed by atoms with van der Waals surface area (Å²) in [7, 11) is 0. The molecule has 0 amide bonds. The third kappa shape index (κ3) is 4.29. The fourth-order valence-electron chi connectivity index (χ4n) is 1.75. The van der Waals surface area contributed by atoms with Crippen molar-refractivity contribution >= 4 is 11.5 Å². The van der Waals surface area contributed by atoms with Crippen LogP contribution in [0.1, 0.15) is 18.9 Å². The summed E-state index contributed by atoms with van der Waals surface area (Å²) in [5.41, 5.74) is 5.22. The van der Waals surface area contributed by atoms with Crippen molar-refractivity contribution in [1.82, 2.24) is 0 Å². The molecule has 0 radical (unpaired) electrons. The Balaban J connectivity index is 3.09. The van der Waals surface area contributed by atoms with Crippen LogP contribution in [0.3, 0.4) is 0 Å². The minimum Gasteiger partial charge on any atom is -0.409 e. The van der Waals surface area contributed by atoms with E-state index >= 15 is 0 Å². The van der Waals surface area contributed by atoms with Gasteiger partial charge >= 0.3 is 6.18 Å². The molecule has 0 aliphatic carbocycles. The lowest BCUT2D eigenvalue weighted by molar-refractivity contribution is -0.119. The molecule has 4 nitrogen and oxygen atoms in total. The second-order valence-corrected chi connectivity index (χ2v) is 4.19. The Kier molecular flexibility index (Phi) is 5.18. The molecule has 0 aliphatic heterocycles. The highest BCUT2D eigenvalue weighted by molar-refractivity contribution is 5.97. The zero-order valence-electron chi connectivity index (χ0n) is 10.8. The highest BCUT2D eigenvalue weighted by atomic mass is 19.4. The largest absolute Gasteiger partial charge is 0.409 e. The first-order valence-corrected chi connectivity index (χ1v) is 5.87. The van der Waals surface area contributed by atoms with Crippen LogP contribution in [-0.4, -0.2) is 30.3 Å². The second kappa shape index (κ2) is 6.44. The summed E-state index contributed by atoms with van der Waals surface area (Å²) < 4.78 is 51.3. The molecular formula is C12H15F4N3O. The maximum Gasteiger partial charge on any atom is 0.405 e. The zero-order valence-corrected chi connectivity index (χ0v) is 10.8. The van der Waals surface area contributed by atoms with Crippen molar-refractivity contribution in [3.63, 3.8) is 0 Å². The van der Waals surface area contributed by atoms with Gasteiger partial charge in [0.2, 0.25) is 0 Å². The average Bonchev–Trinajstić information content (AvgIpc) is 2.35. The Morgan fingerprint density at radius 3 is 2.50 bits per heavy atom. The first-order chi connectivity index (χ1) is 9.28. The van der Waals surface area contributed by atoms with E-state index < -0.39 is 18.5 Å². The molecule has 0 aliphatic rings. The SMILES string of the molecule is CCCN(CC(F)(F)F)c1ccc(C(N)=NO)cc1F. The van der Waals surface area contributed by atoms with Crippen LogP contribution in [0.2, 0.25) is 0 Å². The molecular weight excluding hydrogens is 278 g/mol. The molecule has 112 valence electrons. The minimum atomic E-state index is -4.42. The molecule has 0 bridgehead atoms. The number of hydrogen-bond donors (Lipinski definition) is 2. The van der Waals surface area contributed by atoms with Gasteiger partial charge in [0, 0.05) is 12.1 Å². The van der Waals surface area contributed by atoms with Crippen LogP contribution in [0.5, 0.6) is 0 Å². The zero-order chi connectivity index (χ0) is 15.3. The van der Waals surface area contributed by atoms with Crippen molar-refractivity contribution in [2.75, 3.05) is 18.0 Å². The van der Waals surface area contributed by atoms with Crippen molar-refractivity contribution in [3.8, 4) is 0 Å². The van der Waals surface area contributed by atoms with Gasteiger partial charge in [-0.15, -0.1) is 0 Å². The van der Waals surface area contributed by atoms with E-state index in [1.807, 2.05) is 0 Å². The number of alkyl halides is 3. The molecule has 0 aromatic heterocycles. The van der Waals surface area contributed by atoms with Crippen LogP contribution in [0.15, 0.2) is 23.4 Å². The van der Waals surface area contributed by atoms with Crippen molar-refractivity contribution in [2.24, 2.45) is 10.9 Å². The standard InChI is InChI=1S/C12H15F4N3O/c1-2-5-19(7-12(14,15)16)10-4-3-8(6-9(10)13)11(17)18-20/h3-4,6,20H,2,5,7H2,1H3,(H2,17,18). The van der Waals surface area contributed by atoms with Gasteiger partial charge in [-0.3, -0.25) is 0 Å². The van der Waals surface area contributed by atoms with Crippen molar-refractivity contribution in [1.29, 1.82) is 0 Å². The smallest absolute Gasteiger partial charge is 0.405 e. The quantitative estimate of drug-likeness (QED) is 0.288. The van der Waals surface area contributed by atoms with Gasteiger partial charge in [-0.2, -0.15) is 13.2 Å². The van der Waals surface area contributed by atoms with Crippen LogP contribution in [0.4, 0.5) is 23.2 Å². The molecule has 0 heterocycles. The van der Waals surface area contributed by atoms with E-state index in [-0.39, 0.29) is 23.6 Å². The molecule has 0 saturated carbocycles. The predicted octanol–water partition coefficient (Wildman–Crippen LogP) is 2.70. The number of amidine groups is 1. The summed E-state index contributed by atoms with van der Waals surface area (Å²) in [5, 5.41) is 11.2. The molecule has 0 spiro atoms. The van der Waals surface area contributed by atoms with Gasteiger partial charge in [0.1, 0.15) is 12.4 Å². The Labute approximate surface area is 113 Å². The summed E-state index contributed by atoms with van der Waals surface area (Å²) in [6.07, 6.45) is -3.98. The average molecular weight is 293 g/mol. The molecule has 1 rings (SSSR count). The van der Waals surface area contributed by atoms with E-state index in [2.05, 4.69) is 5.16 Å². The number of rotatable bonds is 5. The summed E-state index contributed by atoms with van der Waals surface area (Å²) in [6, 6.07) is 3.42. The summed E-state index contributed by atoms with van der Waals surface area (Å²) in [6.45, 7) is 0.534. The highest BCUT2D eigenvalue weighted by Crippen LogP contribution is 2.25.